The van der Waals surface area contributed by atoms with E-state index in [1.807, 2.05) is 19.0 Å². The van der Waals surface area contributed by atoms with Gasteiger partial charge in [0, 0.05) is 12.7 Å². The maximum absolute atomic E-state index is 13.5. The average Bonchev–Trinajstić information content (AvgIpc) is 2.25. The quantitative estimate of drug-likeness (QED) is 0.761. The molecule has 1 aromatic heterocycles. The molecule has 0 radical (unpaired) electrons. The Morgan fingerprint density at radius 2 is 2.29 bits per heavy atom. The number of ether oxygens (including phenoxy) is 1. The number of carboxylic acids is 1. The summed E-state index contributed by atoms with van der Waals surface area (Å²) in [5.41, 5.74) is -0.428. The van der Waals surface area contributed by atoms with Gasteiger partial charge in [-0.15, -0.1) is 0 Å². The molecule has 0 aromatic carbocycles. The van der Waals surface area contributed by atoms with Crippen LogP contribution in [0.5, 0.6) is 5.88 Å². The fourth-order valence-electron chi connectivity index (χ4n) is 1.24. The summed E-state index contributed by atoms with van der Waals surface area (Å²) in [6.45, 7) is 1.10. The van der Waals surface area contributed by atoms with Gasteiger partial charge in [0.05, 0.1) is 6.61 Å². The number of hydrogen-bond donors (Lipinski definition) is 1. The van der Waals surface area contributed by atoms with Gasteiger partial charge in [-0.1, -0.05) is 0 Å². The van der Waals surface area contributed by atoms with Crippen molar-refractivity contribution in [3.63, 3.8) is 0 Å². The van der Waals surface area contributed by atoms with Crippen LogP contribution in [0.25, 0.3) is 0 Å². The third-order valence-corrected chi connectivity index (χ3v) is 2.08. The maximum Gasteiger partial charge on any atom is 0.338 e. The van der Waals surface area contributed by atoms with Gasteiger partial charge in [-0.05, 0) is 26.6 Å². The van der Waals surface area contributed by atoms with E-state index >= 15 is 0 Å². The van der Waals surface area contributed by atoms with Crippen LogP contribution in [0.2, 0.25) is 0 Å². The SMILES string of the molecule is CN(C)CCCOc1nccc(C(=O)O)c1F. The van der Waals surface area contributed by atoms with Crippen molar-refractivity contribution in [2.24, 2.45) is 0 Å². The summed E-state index contributed by atoms with van der Waals surface area (Å²) in [7, 11) is 3.84. The highest BCUT2D eigenvalue weighted by Crippen LogP contribution is 2.17. The molecular weight excluding hydrogens is 227 g/mol. The number of aromatic nitrogens is 1. The minimum Gasteiger partial charge on any atom is -0.478 e. The molecule has 0 atom stereocenters. The topological polar surface area (TPSA) is 62.7 Å². The van der Waals surface area contributed by atoms with Crippen molar-refractivity contribution in [1.82, 2.24) is 9.88 Å². The minimum atomic E-state index is -1.33. The number of rotatable bonds is 6. The van der Waals surface area contributed by atoms with E-state index in [2.05, 4.69) is 4.98 Å². The number of halogens is 1. The number of aromatic carboxylic acids is 1. The second kappa shape index (κ2) is 6.15. The Hall–Kier alpha value is -1.69. The van der Waals surface area contributed by atoms with Crippen molar-refractivity contribution in [3.8, 4) is 5.88 Å². The van der Waals surface area contributed by atoms with Gasteiger partial charge in [0.25, 0.3) is 5.88 Å². The maximum atomic E-state index is 13.5. The molecule has 0 amide bonds. The van der Waals surface area contributed by atoms with Gasteiger partial charge in [-0.2, -0.15) is 0 Å². The molecule has 6 heteroatoms. The first-order valence-corrected chi connectivity index (χ1v) is 5.17. The standard InChI is InChI=1S/C11H15FN2O3/c1-14(2)6-3-7-17-10-9(12)8(11(15)16)4-5-13-10/h4-5H,3,6-7H2,1-2H3,(H,15,16). The summed E-state index contributed by atoms with van der Waals surface area (Å²) in [6.07, 6.45) is 1.93. The average molecular weight is 242 g/mol. The Morgan fingerprint density at radius 1 is 1.59 bits per heavy atom. The van der Waals surface area contributed by atoms with Gasteiger partial charge >= 0.3 is 5.97 Å². The van der Waals surface area contributed by atoms with Gasteiger partial charge in [-0.25, -0.2) is 14.2 Å². The smallest absolute Gasteiger partial charge is 0.338 e. The van der Waals surface area contributed by atoms with Crippen molar-refractivity contribution in [2.45, 2.75) is 6.42 Å². The molecule has 1 heterocycles. The molecule has 0 fully saturated rings. The van der Waals surface area contributed by atoms with E-state index in [-0.39, 0.29) is 5.88 Å². The first-order chi connectivity index (χ1) is 8.02. The largest absolute Gasteiger partial charge is 0.478 e. The van der Waals surface area contributed by atoms with Crippen molar-refractivity contribution in [2.75, 3.05) is 27.2 Å². The second-order valence-corrected chi connectivity index (χ2v) is 3.79. The van der Waals surface area contributed by atoms with E-state index in [4.69, 9.17) is 9.84 Å². The van der Waals surface area contributed by atoms with Crippen LogP contribution >= 0.6 is 0 Å². The van der Waals surface area contributed by atoms with Crippen LogP contribution < -0.4 is 4.74 Å². The van der Waals surface area contributed by atoms with E-state index in [1.54, 1.807) is 0 Å². The summed E-state index contributed by atoms with van der Waals surface area (Å²) >= 11 is 0. The highest BCUT2D eigenvalue weighted by molar-refractivity contribution is 5.88. The molecule has 0 spiro atoms. The lowest BCUT2D eigenvalue weighted by atomic mass is 10.2. The summed E-state index contributed by atoms with van der Waals surface area (Å²) in [5.74, 6) is -2.52. The van der Waals surface area contributed by atoms with E-state index in [1.165, 1.54) is 6.20 Å². The monoisotopic (exact) mass is 242 g/mol. The van der Waals surface area contributed by atoms with Crippen LogP contribution in [-0.2, 0) is 0 Å². The third-order valence-electron chi connectivity index (χ3n) is 2.08. The normalized spacial score (nSPS) is 10.6. The number of hydrogen-bond acceptors (Lipinski definition) is 4. The molecule has 1 N–H and O–H groups in total. The fourth-order valence-corrected chi connectivity index (χ4v) is 1.24. The Labute approximate surface area is 98.8 Å². The molecule has 0 aliphatic rings. The summed E-state index contributed by atoms with van der Waals surface area (Å²) in [4.78, 5) is 16.3. The lowest BCUT2D eigenvalue weighted by Gasteiger charge is -2.10. The van der Waals surface area contributed by atoms with Gasteiger partial charge < -0.3 is 14.7 Å². The molecular formula is C11H15FN2O3. The molecule has 17 heavy (non-hydrogen) atoms. The van der Waals surface area contributed by atoms with E-state index in [9.17, 15) is 9.18 Å². The van der Waals surface area contributed by atoms with E-state index in [0.29, 0.717) is 13.0 Å². The van der Waals surface area contributed by atoms with Crippen LogP contribution in [0.4, 0.5) is 4.39 Å². The molecule has 0 aliphatic carbocycles. The predicted molar refractivity (Wildman–Crippen MR) is 59.8 cm³/mol. The zero-order valence-corrected chi connectivity index (χ0v) is 9.81. The predicted octanol–water partition coefficient (Wildman–Crippen LogP) is 1.25. The highest BCUT2D eigenvalue weighted by Gasteiger charge is 2.15. The molecule has 0 saturated carbocycles. The van der Waals surface area contributed by atoms with E-state index < -0.39 is 17.3 Å². The van der Waals surface area contributed by atoms with Crippen molar-refractivity contribution >= 4 is 5.97 Å². The molecule has 0 unspecified atom stereocenters. The fraction of sp³-hybridized carbons (Fsp3) is 0.455. The Morgan fingerprint density at radius 3 is 2.88 bits per heavy atom. The van der Waals surface area contributed by atoms with Gasteiger partial charge in [0.15, 0.2) is 5.82 Å². The lowest BCUT2D eigenvalue weighted by Crippen LogP contribution is -2.16. The summed E-state index contributed by atoms with van der Waals surface area (Å²) in [6, 6.07) is 1.10. The third kappa shape index (κ3) is 3.99. The van der Waals surface area contributed by atoms with E-state index in [0.717, 1.165) is 12.6 Å². The zero-order valence-electron chi connectivity index (χ0n) is 9.81. The minimum absolute atomic E-state index is 0.261. The van der Waals surface area contributed by atoms with Crippen LogP contribution in [0, 0.1) is 5.82 Å². The highest BCUT2D eigenvalue weighted by atomic mass is 19.1. The first kappa shape index (κ1) is 13.4. The zero-order chi connectivity index (χ0) is 12.8. The number of carboxylic acid groups (broad SMARTS) is 1. The molecule has 0 saturated heterocycles. The van der Waals surface area contributed by atoms with Crippen LogP contribution in [0.1, 0.15) is 16.8 Å². The molecule has 94 valence electrons. The number of carbonyl (C=O) groups is 1. The summed E-state index contributed by atoms with van der Waals surface area (Å²) in [5, 5.41) is 8.70. The summed E-state index contributed by atoms with van der Waals surface area (Å²) < 4.78 is 18.6. The van der Waals surface area contributed by atoms with Gasteiger partial charge in [0.2, 0.25) is 0 Å². The Kier molecular flexibility index (Phi) is 4.84. The number of pyridine rings is 1. The molecule has 0 bridgehead atoms. The van der Waals surface area contributed by atoms with Crippen LogP contribution in [-0.4, -0.2) is 48.2 Å². The molecule has 1 rings (SSSR count). The van der Waals surface area contributed by atoms with Crippen LogP contribution in [0.3, 0.4) is 0 Å². The molecule has 5 nitrogen and oxygen atoms in total. The molecule has 0 aliphatic heterocycles. The first-order valence-electron chi connectivity index (χ1n) is 5.17. The molecule has 1 aromatic rings. The van der Waals surface area contributed by atoms with Crippen molar-refractivity contribution in [1.29, 1.82) is 0 Å². The van der Waals surface area contributed by atoms with Gasteiger partial charge in [0.1, 0.15) is 5.56 Å². The van der Waals surface area contributed by atoms with Crippen LogP contribution in [0.15, 0.2) is 12.3 Å². The number of nitrogens with zero attached hydrogens (tertiary/aromatic N) is 2. The van der Waals surface area contributed by atoms with Gasteiger partial charge in [-0.3, -0.25) is 0 Å². The van der Waals surface area contributed by atoms with Crippen molar-refractivity contribution in [3.05, 3.63) is 23.6 Å². The second-order valence-electron chi connectivity index (χ2n) is 3.79. The lowest BCUT2D eigenvalue weighted by molar-refractivity contribution is 0.0690. The Bertz CT molecular complexity index is 396. The Balaban J connectivity index is 2.59. The van der Waals surface area contributed by atoms with Crippen molar-refractivity contribution < 1.29 is 19.0 Å².